The zero-order chi connectivity index (χ0) is 14.3. The van der Waals surface area contributed by atoms with Crippen molar-refractivity contribution in [3.63, 3.8) is 0 Å². The van der Waals surface area contributed by atoms with Gasteiger partial charge in [-0.3, -0.25) is 4.79 Å². The van der Waals surface area contributed by atoms with Gasteiger partial charge in [-0.25, -0.2) is 0 Å². The molecule has 1 aromatic carbocycles. The van der Waals surface area contributed by atoms with Crippen LogP contribution in [0.1, 0.15) is 32.3 Å². The molecule has 106 valence electrons. The maximum Gasteiger partial charge on any atom is 0.250 e. The molecule has 0 unspecified atom stereocenters. The minimum Gasteiger partial charge on any atom is -0.398 e. The summed E-state index contributed by atoms with van der Waals surface area (Å²) in [4.78, 5) is 11.7. The first-order chi connectivity index (χ1) is 9.00. The summed E-state index contributed by atoms with van der Waals surface area (Å²) in [5.41, 5.74) is 8.09. The maximum atomic E-state index is 11.7. The van der Waals surface area contributed by atoms with Crippen LogP contribution in [0.5, 0.6) is 0 Å². The summed E-state index contributed by atoms with van der Waals surface area (Å²) in [6.07, 6.45) is 2.11. The van der Waals surface area contributed by atoms with Gasteiger partial charge in [0.1, 0.15) is 6.61 Å². The van der Waals surface area contributed by atoms with Crippen LogP contribution in [0.4, 0.5) is 11.4 Å². The van der Waals surface area contributed by atoms with Gasteiger partial charge in [0.25, 0.3) is 0 Å². The van der Waals surface area contributed by atoms with E-state index >= 15 is 0 Å². The maximum absolute atomic E-state index is 11.7. The number of carbonyl (C=O) groups is 1. The third-order valence-corrected chi connectivity index (χ3v) is 2.95. The SMILES string of the molecule is Cc1c(N)cccc1NC(=O)COCCCC(C)C. The van der Waals surface area contributed by atoms with E-state index in [9.17, 15) is 4.79 Å². The topological polar surface area (TPSA) is 64.3 Å². The van der Waals surface area contributed by atoms with E-state index in [-0.39, 0.29) is 12.5 Å². The molecule has 1 aromatic rings. The standard InChI is InChI=1S/C15H24N2O2/c1-11(2)6-5-9-19-10-15(18)17-14-8-4-7-13(16)12(14)3/h4,7-8,11H,5-6,9-10,16H2,1-3H3,(H,17,18). The van der Waals surface area contributed by atoms with E-state index in [1.807, 2.05) is 25.1 Å². The molecule has 0 bridgehead atoms. The van der Waals surface area contributed by atoms with Gasteiger partial charge in [0.2, 0.25) is 5.91 Å². The van der Waals surface area contributed by atoms with Crippen molar-refractivity contribution in [3.8, 4) is 0 Å². The van der Waals surface area contributed by atoms with Gasteiger partial charge in [0.15, 0.2) is 0 Å². The van der Waals surface area contributed by atoms with Crippen molar-refractivity contribution in [3.05, 3.63) is 23.8 Å². The van der Waals surface area contributed by atoms with Crippen LogP contribution in [0.2, 0.25) is 0 Å². The van der Waals surface area contributed by atoms with Crippen LogP contribution in [0, 0.1) is 12.8 Å². The number of anilines is 2. The van der Waals surface area contributed by atoms with Crippen LogP contribution in [-0.4, -0.2) is 19.1 Å². The molecular formula is C15H24N2O2. The van der Waals surface area contributed by atoms with Gasteiger partial charge in [-0.2, -0.15) is 0 Å². The summed E-state index contributed by atoms with van der Waals surface area (Å²) < 4.78 is 5.34. The minimum absolute atomic E-state index is 0.0896. The zero-order valence-corrected chi connectivity index (χ0v) is 12.0. The Hall–Kier alpha value is -1.55. The number of nitrogen functional groups attached to an aromatic ring is 1. The number of hydrogen-bond acceptors (Lipinski definition) is 3. The van der Waals surface area contributed by atoms with Crippen LogP contribution < -0.4 is 11.1 Å². The molecule has 0 atom stereocenters. The van der Waals surface area contributed by atoms with E-state index in [1.165, 1.54) is 0 Å². The van der Waals surface area contributed by atoms with E-state index < -0.39 is 0 Å². The molecule has 0 aliphatic rings. The average Bonchev–Trinajstić information content (AvgIpc) is 2.34. The number of ether oxygens (including phenoxy) is 1. The van der Waals surface area contributed by atoms with E-state index in [1.54, 1.807) is 0 Å². The van der Waals surface area contributed by atoms with Gasteiger partial charge >= 0.3 is 0 Å². The summed E-state index contributed by atoms with van der Waals surface area (Å²) in [6.45, 7) is 6.95. The first kappa shape index (κ1) is 15.5. The molecule has 0 spiro atoms. The lowest BCUT2D eigenvalue weighted by Crippen LogP contribution is -2.19. The quantitative estimate of drug-likeness (QED) is 0.588. The van der Waals surface area contributed by atoms with Crippen LogP contribution >= 0.6 is 0 Å². The van der Waals surface area contributed by atoms with Crippen LogP contribution in [-0.2, 0) is 9.53 Å². The van der Waals surface area contributed by atoms with Crippen molar-refractivity contribution in [1.82, 2.24) is 0 Å². The van der Waals surface area contributed by atoms with Crippen molar-refractivity contribution in [2.75, 3.05) is 24.3 Å². The van der Waals surface area contributed by atoms with Crippen molar-refractivity contribution in [2.24, 2.45) is 5.92 Å². The Kier molecular flexibility index (Phi) is 6.36. The number of rotatable bonds is 7. The van der Waals surface area contributed by atoms with Gasteiger partial charge < -0.3 is 15.8 Å². The lowest BCUT2D eigenvalue weighted by Gasteiger charge is -2.10. The van der Waals surface area contributed by atoms with Gasteiger partial charge in [0, 0.05) is 18.0 Å². The highest BCUT2D eigenvalue weighted by Gasteiger charge is 2.06. The van der Waals surface area contributed by atoms with Crippen LogP contribution in [0.25, 0.3) is 0 Å². The Morgan fingerprint density at radius 3 is 2.84 bits per heavy atom. The fourth-order valence-corrected chi connectivity index (χ4v) is 1.73. The molecule has 0 saturated carbocycles. The second kappa shape index (κ2) is 7.79. The van der Waals surface area contributed by atoms with E-state index in [0.717, 1.165) is 24.1 Å². The molecule has 3 N–H and O–H groups in total. The third-order valence-electron chi connectivity index (χ3n) is 2.95. The zero-order valence-electron chi connectivity index (χ0n) is 12.0. The number of nitrogens with two attached hydrogens (primary N) is 1. The lowest BCUT2D eigenvalue weighted by molar-refractivity contribution is -0.120. The molecule has 0 aliphatic heterocycles. The summed E-state index contributed by atoms with van der Waals surface area (Å²) in [5.74, 6) is 0.533. The number of nitrogens with one attached hydrogen (secondary N) is 1. The Morgan fingerprint density at radius 2 is 2.16 bits per heavy atom. The predicted octanol–water partition coefficient (Wildman–Crippen LogP) is 2.97. The van der Waals surface area contributed by atoms with Crippen molar-refractivity contribution >= 4 is 17.3 Å². The van der Waals surface area contributed by atoms with E-state index in [0.29, 0.717) is 18.2 Å². The number of amides is 1. The molecular weight excluding hydrogens is 240 g/mol. The van der Waals surface area contributed by atoms with Crippen molar-refractivity contribution < 1.29 is 9.53 Å². The molecule has 19 heavy (non-hydrogen) atoms. The van der Waals surface area contributed by atoms with Crippen molar-refractivity contribution in [2.45, 2.75) is 33.6 Å². The summed E-state index contributed by atoms with van der Waals surface area (Å²) in [6, 6.07) is 5.47. The van der Waals surface area contributed by atoms with E-state index in [4.69, 9.17) is 10.5 Å². The van der Waals surface area contributed by atoms with Gasteiger partial charge in [-0.1, -0.05) is 19.9 Å². The first-order valence-electron chi connectivity index (χ1n) is 6.73. The van der Waals surface area contributed by atoms with Crippen LogP contribution in [0.3, 0.4) is 0 Å². The molecule has 0 aliphatic carbocycles. The highest BCUT2D eigenvalue weighted by Crippen LogP contribution is 2.20. The average molecular weight is 264 g/mol. The number of hydrogen-bond donors (Lipinski definition) is 2. The smallest absolute Gasteiger partial charge is 0.250 e. The van der Waals surface area contributed by atoms with Crippen molar-refractivity contribution in [1.29, 1.82) is 0 Å². The summed E-state index contributed by atoms with van der Waals surface area (Å²) in [7, 11) is 0. The number of carbonyl (C=O) groups excluding carboxylic acids is 1. The highest BCUT2D eigenvalue weighted by molar-refractivity contribution is 5.93. The minimum atomic E-state index is -0.141. The second-order valence-electron chi connectivity index (χ2n) is 5.16. The normalized spacial score (nSPS) is 10.7. The number of benzene rings is 1. The summed E-state index contributed by atoms with van der Waals surface area (Å²) in [5, 5.41) is 2.81. The molecule has 4 nitrogen and oxygen atoms in total. The van der Waals surface area contributed by atoms with Crippen LogP contribution in [0.15, 0.2) is 18.2 Å². The monoisotopic (exact) mass is 264 g/mol. The Morgan fingerprint density at radius 1 is 1.42 bits per heavy atom. The molecule has 0 saturated heterocycles. The fraction of sp³-hybridized carbons (Fsp3) is 0.533. The van der Waals surface area contributed by atoms with Gasteiger partial charge in [-0.05, 0) is 43.4 Å². The van der Waals surface area contributed by atoms with Gasteiger partial charge in [-0.15, -0.1) is 0 Å². The van der Waals surface area contributed by atoms with Gasteiger partial charge in [0.05, 0.1) is 0 Å². The fourth-order valence-electron chi connectivity index (χ4n) is 1.73. The molecule has 4 heteroatoms. The Bertz CT molecular complexity index is 417. The second-order valence-corrected chi connectivity index (χ2v) is 5.16. The Labute approximate surface area is 115 Å². The molecule has 0 fully saturated rings. The molecule has 1 rings (SSSR count). The largest absolute Gasteiger partial charge is 0.398 e. The van der Waals surface area contributed by atoms with E-state index in [2.05, 4.69) is 19.2 Å². The highest BCUT2D eigenvalue weighted by atomic mass is 16.5. The first-order valence-corrected chi connectivity index (χ1v) is 6.73. The molecule has 0 radical (unpaired) electrons. The predicted molar refractivity (Wildman–Crippen MR) is 79.1 cm³/mol. The molecule has 0 heterocycles. The molecule has 1 amide bonds. The molecule has 0 aromatic heterocycles. The third kappa shape index (κ3) is 5.75. The Balaban J connectivity index is 2.29. The lowest BCUT2D eigenvalue weighted by atomic mass is 10.1. The summed E-state index contributed by atoms with van der Waals surface area (Å²) >= 11 is 0.